The van der Waals surface area contributed by atoms with Crippen LogP contribution in [0.3, 0.4) is 0 Å². The fraction of sp³-hybridized carbons (Fsp3) is 0.0476. The van der Waals surface area contributed by atoms with Gasteiger partial charge in [0.05, 0.1) is 6.42 Å². The molecule has 5 aromatic rings. The number of aromatic amines is 1. The van der Waals surface area contributed by atoms with Crippen LogP contribution in [0.1, 0.15) is 11.5 Å². The Morgan fingerprint density at radius 3 is 2.63 bits per heavy atom. The summed E-state index contributed by atoms with van der Waals surface area (Å²) in [5, 5.41) is 5.15. The minimum Gasteiger partial charge on any atom is -0.453 e. The van der Waals surface area contributed by atoms with Crippen LogP contribution in [-0.4, -0.2) is 15.1 Å². The molecule has 0 amide bonds. The van der Waals surface area contributed by atoms with Gasteiger partial charge in [0, 0.05) is 22.7 Å². The zero-order chi connectivity index (χ0) is 18.2. The van der Waals surface area contributed by atoms with Crippen molar-refractivity contribution < 1.29 is 13.3 Å². The highest BCUT2D eigenvalue weighted by Crippen LogP contribution is 2.28. The van der Waals surface area contributed by atoms with Crippen molar-refractivity contribution in [1.82, 2.24) is 15.1 Å². The van der Waals surface area contributed by atoms with Crippen LogP contribution in [-0.2, 0) is 6.42 Å². The Labute approximate surface area is 153 Å². The lowest BCUT2D eigenvalue weighted by Gasteiger charge is -1.96. The highest BCUT2D eigenvalue weighted by molar-refractivity contribution is 5.83. The molecule has 0 fully saturated rings. The summed E-state index contributed by atoms with van der Waals surface area (Å²) in [4.78, 5) is 7.68. The monoisotopic (exact) mass is 359 g/mol. The molecular weight excluding hydrogens is 345 g/mol. The lowest BCUT2D eigenvalue weighted by molar-refractivity contribution is 0.384. The van der Waals surface area contributed by atoms with E-state index in [4.69, 9.17) is 8.94 Å². The second-order valence-corrected chi connectivity index (χ2v) is 6.22. The van der Waals surface area contributed by atoms with Crippen molar-refractivity contribution in [3.05, 3.63) is 84.1 Å². The molecular formula is C21H14FN3O2. The second-order valence-electron chi connectivity index (χ2n) is 6.22. The molecule has 6 heteroatoms. The first-order valence-electron chi connectivity index (χ1n) is 8.50. The van der Waals surface area contributed by atoms with Crippen molar-refractivity contribution in [1.29, 1.82) is 0 Å². The molecule has 5 nitrogen and oxygen atoms in total. The highest BCUT2D eigenvalue weighted by Gasteiger charge is 2.15. The van der Waals surface area contributed by atoms with E-state index in [1.807, 2.05) is 24.4 Å². The Kier molecular flexibility index (Phi) is 3.60. The Bertz CT molecular complexity index is 1220. The fourth-order valence-corrected chi connectivity index (χ4v) is 3.09. The van der Waals surface area contributed by atoms with Crippen LogP contribution < -0.4 is 0 Å². The standard InChI is InChI=1S/C21H14FN3O2/c22-15-7-5-13(6-8-15)18-9-10-19(26-18)21-24-20(27-25-21)11-14-12-23-17-4-2-1-3-16(14)17/h1-10,12,23H,11H2. The summed E-state index contributed by atoms with van der Waals surface area (Å²) in [6.45, 7) is 0. The molecule has 0 radical (unpaired) electrons. The lowest BCUT2D eigenvalue weighted by Crippen LogP contribution is -1.87. The Hall–Kier alpha value is -3.67. The topological polar surface area (TPSA) is 67.8 Å². The first kappa shape index (κ1) is 15.6. The SMILES string of the molecule is Fc1ccc(-c2ccc(-c3noc(Cc4c[nH]c5ccccc45)n3)o2)cc1. The average Bonchev–Trinajstić information content (AvgIpc) is 3.43. The first-order chi connectivity index (χ1) is 13.3. The van der Waals surface area contributed by atoms with Crippen LogP contribution in [0, 0.1) is 5.82 Å². The number of para-hydroxylation sites is 1. The number of rotatable bonds is 4. The number of nitrogens with zero attached hydrogens (tertiary/aromatic N) is 2. The normalized spacial score (nSPS) is 11.3. The lowest BCUT2D eigenvalue weighted by atomic mass is 10.1. The van der Waals surface area contributed by atoms with Gasteiger partial charge in [-0.3, -0.25) is 0 Å². The molecule has 0 aliphatic carbocycles. The smallest absolute Gasteiger partial charge is 0.238 e. The molecule has 5 rings (SSSR count). The van der Waals surface area contributed by atoms with Gasteiger partial charge >= 0.3 is 0 Å². The van der Waals surface area contributed by atoms with Gasteiger partial charge in [0.25, 0.3) is 0 Å². The summed E-state index contributed by atoms with van der Waals surface area (Å²) < 4.78 is 24.3. The van der Waals surface area contributed by atoms with E-state index >= 15 is 0 Å². The van der Waals surface area contributed by atoms with Gasteiger partial charge in [-0.05, 0) is 48.0 Å². The number of aromatic nitrogens is 3. The number of halogens is 1. The van der Waals surface area contributed by atoms with E-state index in [9.17, 15) is 4.39 Å². The predicted molar refractivity (Wildman–Crippen MR) is 98.5 cm³/mol. The number of hydrogen-bond acceptors (Lipinski definition) is 4. The minimum absolute atomic E-state index is 0.286. The average molecular weight is 359 g/mol. The van der Waals surface area contributed by atoms with Gasteiger partial charge in [-0.25, -0.2) is 4.39 Å². The van der Waals surface area contributed by atoms with E-state index in [1.165, 1.54) is 12.1 Å². The zero-order valence-electron chi connectivity index (χ0n) is 14.1. The number of H-pyrrole nitrogens is 1. The molecule has 0 aliphatic rings. The number of nitrogens with one attached hydrogen (secondary N) is 1. The second kappa shape index (κ2) is 6.25. The number of furan rings is 1. The van der Waals surface area contributed by atoms with Crippen LogP contribution in [0.5, 0.6) is 0 Å². The van der Waals surface area contributed by atoms with Crippen LogP contribution in [0.15, 0.2) is 75.8 Å². The third kappa shape index (κ3) is 2.91. The van der Waals surface area contributed by atoms with Crippen molar-refractivity contribution >= 4 is 10.9 Å². The summed E-state index contributed by atoms with van der Waals surface area (Å²) in [5.74, 6) is 1.73. The molecule has 0 saturated heterocycles. The molecule has 3 aromatic heterocycles. The predicted octanol–water partition coefficient (Wildman–Crippen LogP) is 5.21. The maximum atomic E-state index is 13.1. The Balaban J connectivity index is 1.40. The molecule has 0 unspecified atom stereocenters. The summed E-state index contributed by atoms with van der Waals surface area (Å²) in [7, 11) is 0. The number of fused-ring (bicyclic) bond motifs is 1. The summed E-state index contributed by atoms with van der Waals surface area (Å²) in [6, 6.07) is 17.8. The zero-order valence-corrected chi connectivity index (χ0v) is 14.1. The molecule has 0 spiro atoms. The summed E-state index contributed by atoms with van der Waals surface area (Å²) in [5.41, 5.74) is 2.94. The highest BCUT2D eigenvalue weighted by atomic mass is 19.1. The summed E-state index contributed by atoms with van der Waals surface area (Å²) in [6.07, 6.45) is 2.48. The van der Waals surface area contributed by atoms with Gasteiger partial charge in [-0.2, -0.15) is 4.98 Å². The Morgan fingerprint density at radius 1 is 0.926 bits per heavy atom. The van der Waals surface area contributed by atoms with E-state index in [1.54, 1.807) is 24.3 Å². The van der Waals surface area contributed by atoms with Crippen LogP contribution >= 0.6 is 0 Å². The molecule has 3 heterocycles. The fourth-order valence-electron chi connectivity index (χ4n) is 3.09. The van der Waals surface area contributed by atoms with E-state index in [2.05, 4.69) is 21.2 Å². The number of benzene rings is 2. The molecule has 0 saturated carbocycles. The van der Waals surface area contributed by atoms with Gasteiger partial charge in [0.15, 0.2) is 5.76 Å². The Morgan fingerprint density at radius 2 is 1.74 bits per heavy atom. The van der Waals surface area contributed by atoms with Crippen LogP contribution in [0.25, 0.3) is 33.8 Å². The van der Waals surface area contributed by atoms with Gasteiger partial charge in [-0.15, -0.1) is 0 Å². The van der Waals surface area contributed by atoms with Crippen molar-refractivity contribution in [2.75, 3.05) is 0 Å². The van der Waals surface area contributed by atoms with Gasteiger partial charge in [0.1, 0.15) is 11.6 Å². The molecule has 0 atom stereocenters. The third-order valence-electron chi connectivity index (χ3n) is 4.44. The quantitative estimate of drug-likeness (QED) is 0.478. The number of hydrogen-bond donors (Lipinski definition) is 1. The van der Waals surface area contributed by atoms with E-state index < -0.39 is 0 Å². The van der Waals surface area contributed by atoms with E-state index in [0.717, 1.165) is 22.0 Å². The van der Waals surface area contributed by atoms with Crippen molar-refractivity contribution in [2.24, 2.45) is 0 Å². The van der Waals surface area contributed by atoms with Crippen LogP contribution in [0.4, 0.5) is 4.39 Å². The van der Waals surface area contributed by atoms with Crippen LogP contribution in [0.2, 0.25) is 0 Å². The molecule has 0 bridgehead atoms. The van der Waals surface area contributed by atoms with E-state index in [0.29, 0.717) is 29.7 Å². The minimum atomic E-state index is -0.286. The van der Waals surface area contributed by atoms with E-state index in [-0.39, 0.29) is 5.82 Å². The first-order valence-corrected chi connectivity index (χ1v) is 8.50. The van der Waals surface area contributed by atoms with Crippen molar-refractivity contribution in [2.45, 2.75) is 6.42 Å². The molecule has 2 aromatic carbocycles. The molecule has 0 aliphatic heterocycles. The van der Waals surface area contributed by atoms with Crippen molar-refractivity contribution in [3.63, 3.8) is 0 Å². The van der Waals surface area contributed by atoms with Crippen molar-refractivity contribution in [3.8, 4) is 22.9 Å². The third-order valence-corrected chi connectivity index (χ3v) is 4.44. The van der Waals surface area contributed by atoms with Gasteiger partial charge < -0.3 is 13.9 Å². The molecule has 1 N–H and O–H groups in total. The summed E-state index contributed by atoms with van der Waals surface area (Å²) >= 11 is 0. The van der Waals surface area contributed by atoms with Gasteiger partial charge in [-0.1, -0.05) is 23.4 Å². The molecule has 27 heavy (non-hydrogen) atoms. The maximum Gasteiger partial charge on any atom is 0.238 e. The van der Waals surface area contributed by atoms with Gasteiger partial charge in [0.2, 0.25) is 11.7 Å². The largest absolute Gasteiger partial charge is 0.453 e. The maximum absolute atomic E-state index is 13.1. The molecule has 132 valence electrons.